The van der Waals surface area contributed by atoms with Crippen LogP contribution in [0, 0.1) is 23.6 Å². The van der Waals surface area contributed by atoms with Gasteiger partial charge in [-0.3, -0.25) is 4.90 Å². The molecule has 0 aliphatic carbocycles. The lowest BCUT2D eigenvalue weighted by molar-refractivity contribution is -0.298. The molecule has 33 heavy (non-hydrogen) atoms. The number of fused-ring (bicyclic) bond motifs is 1. The van der Waals surface area contributed by atoms with Crippen LogP contribution in [0.5, 0.6) is 0 Å². The molecule has 3 aliphatic heterocycles. The van der Waals surface area contributed by atoms with Crippen molar-refractivity contribution in [2.24, 2.45) is 17.8 Å². The highest BCUT2D eigenvalue weighted by atomic mass is 19.4. The Morgan fingerprint density at radius 3 is 2.24 bits per heavy atom. The van der Waals surface area contributed by atoms with Gasteiger partial charge >= 0.3 is 18.4 Å². The zero-order valence-electron chi connectivity index (χ0n) is 17.5. The van der Waals surface area contributed by atoms with E-state index < -0.39 is 48.1 Å². The van der Waals surface area contributed by atoms with Crippen LogP contribution in [0.15, 0.2) is 18.2 Å². The number of amides is 1. The molecule has 12 heteroatoms. The number of halogens is 7. The lowest BCUT2D eigenvalue weighted by Crippen LogP contribution is -2.54. The summed E-state index contributed by atoms with van der Waals surface area (Å²) in [6.45, 7) is 1.42. The first kappa shape index (κ1) is 23.9. The second-order valence-corrected chi connectivity index (χ2v) is 9.07. The van der Waals surface area contributed by atoms with E-state index >= 15 is 0 Å². The Hall–Kier alpha value is -2.24. The van der Waals surface area contributed by atoms with Crippen molar-refractivity contribution in [3.63, 3.8) is 0 Å². The highest BCUT2D eigenvalue weighted by Crippen LogP contribution is 2.50. The standard InChI is InChI=1S/C21H24F7N3O2/c22-14-4-3-12(16(7-14)30-5-1-2-6-30)8-29-9-13-10-31(19(32)33)17(15(13)11-29)18(20(23,24)25)21(26,27)28/h3-4,7,13,15,17-18H,1-2,5-6,8-11H2,(H,32,33). The molecule has 1 aromatic rings. The number of nitrogens with zero attached hydrogens (tertiary/aromatic N) is 3. The quantitative estimate of drug-likeness (QED) is 0.638. The molecule has 3 unspecified atom stereocenters. The van der Waals surface area contributed by atoms with Gasteiger partial charge in [0.05, 0.1) is 6.04 Å². The summed E-state index contributed by atoms with van der Waals surface area (Å²) in [5.74, 6) is -5.92. The molecule has 0 saturated carbocycles. The van der Waals surface area contributed by atoms with Gasteiger partial charge in [-0.25, -0.2) is 9.18 Å². The van der Waals surface area contributed by atoms with Gasteiger partial charge in [-0.1, -0.05) is 6.07 Å². The van der Waals surface area contributed by atoms with Gasteiger partial charge in [-0.2, -0.15) is 26.3 Å². The predicted octanol–water partition coefficient (Wildman–Crippen LogP) is 4.58. The van der Waals surface area contributed by atoms with Crippen LogP contribution < -0.4 is 4.90 Å². The number of rotatable bonds is 4. The van der Waals surface area contributed by atoms with Gasteiger partial charge in [0.2, 0.25) is 0 Å². The minimum atomic E-state index is -5.63. The number of carbonyl (C=O) groups is 1. The van der Waals surface area contributed by atoms with Crippen molar-refractivity contribution >= 4 is 11.8 Å². The zero-order chi connectivity index (χ0) is 24.1. The summed E-state index contributed by atoms with van der Waals surface area (Å²) < 4.78 is 94.7. The van der Waals surface area contributed by atoms with E-state index in [2.05, 4.69) is 0 Å². The van der Waals surface area contributed by atoms with E-state index in [-0.39, 0.29) is 26.2 Å². The monoisotopic (exact) mass is 483 g/mol. The van der Waals surface area contributed by atoms with Crippen molar-refractivity contribution in [3.8, 4) is 0 Å². The molecule has 0 radical (unpaired) electrons. The Morgan fingerprint density at radius 2 is 1.67 bits per heavy atom. The van der Waals surface area contributed by atoms with Crippen LogP contribution in [0.2, 0.25) is 0 Å². The van der Waals surface area contributed by atoms with Gasteiger partial charge in [-0.05, 0) is 42.4 Å². The van der Waals surface area contributed by atoms with Crippen LogP contribution in [-0.2, 0) is 6.54 Å². The largest absolute Gasteiger partial charge is 0.465 e. The maximum atomic E-state index is 13.9. The molecule has 3 aliphatic rings. The number of likely N-dealkylation sites (tertiary alicyclic amines) is 2. The number of carboxylic acid groups (broad SMARTS) is 1. The number of alkyl halides is 6. The summed E-state index contributed by atoms with van der Waals surface area (Å²) in [5.41, 5.74) is 1.42. The first-order valence-corrected chi connectivity index (χ1v) is 10.7. The molecule has 184 valence electrons. The topological polar surface area (TPSA) is 47.0 Å². The molecular weight excluding hydrogens is 459 g/mol. The molecule has 3 atom stereocenters. The van der Waals surface area contributed by atoms with Gasteiger partial charge in [-0.15, -0.1) is 0 Å². The maximum absolute atomic E-state index is 13.9. The third kappa shape index (κ3) is 4.71. The molecule has 3 fully saturated rings. The van der Waals surface area contributed by atoms with Crippen molar-refractivity contribution in [3.05, 3.63) is 29.6 Å². The van der Waals surface area contributed by atoms with Gasteiger partial charge in [0.1, 0.15) is 5.82 Å². The SMILES string of the molecule is O=C(O)N1CC2CN(Cc3ccc(F)cc3N3CCCC3)CC2C1C(C(F)(F)F)C(F)(F)F. The van der Waals surface area contributed by atoms with E-state index in [9.17, 15) is 40.6 Å². The van der Waals surface area contributed by atoms with E-state index in [1.807, 2.05) is 4.90 Å². The Bertz CT molecular complexity index is 872. The highest BCUT2D eigenvalue weighted by molar-refractivity contribution is 5.66. The number of benzene rings is 1. The van der Waals surface area contributed by atoms with E-state index in [0.717, 1.165) is 31.5 Å². The summed E-state index contributed by atoms with van der Waals surface area (Å²) in [4.78, 5) is 15.6. The van der Waals surface area contributed by atoms with Crippen molar-refractivity contribution in [2.75, 3.05) is 37.6 Å². The van der Waals surface area contributed by atoms with Crippen LogP contribution in [0.25, 0.3) is 0 Å². The maximum Gasteiger partial charge on any atom is 0.407 e. The Kier molecular flexibility index (Phi) is 6.17. The molecular formula is C21H24F7N3O2. The smallest absolute Gasteiger partial charge is 0.407 e. The molecule has 4 rings (SSSR count). The number of anilines is 1. The Labute approximate surface area is 185 Å². The first-order valence-electron chi connectivity index (χ1n) is 10.7. The first-order chi connectivity index (χ1) is 15.4. The lowest BCUT2D eigenvalue weighted by Gasteiger charge is -2.36. The molecule has 3 heterocycles. The van der Waals surface area contributed by atoms with Crippen molar-refractivity contribution in [1.82, 2.24) is 9.80 Å². The normalized spacial score (nSPS) is 26.5. The molecule has 1 amide bonds. The summed E-state index contributed by atoms with van der Waals surface area (Å²) in [6, 6.07) is 2.04. The van der Waals surface area contributed by atoms with Gasteiger partial charge in [0.25, 0.3) is 0 Å². The van der Waals surface area contributed by atoms with E-state index in [0.29, 0.717) is 10.6 Å². The minimum absolute atomic E-state index is 0.0986. The van der Waals surface area contributed by atoms with Gasteiger partial charge < -0.3 is 14.9 Å². The summed E-state index contributed by atoms with van der Waals surface area (Å²) in [6.07, 6.45) is -11.1. The fraction of sp³-hybridized carbons (Fsp3) is 0.667. The number of hydrogen-bond acceptors (Lipinski definition) is 3. The molecule has 1 N–H and O–H groups in total. The average molecular weight is 483 g/mol. The fourth-order valence-electron chi connectivity index (χ4n) is 5.67. The molecule has 1 aromatic carbocycles. The summed E-state index contributed by atoms with van der Waals surface area (Å²) >= 11 is 0. The Balaban J connectivity index is 1.58. The third-order valence-electron chi connectivity index (χ3n) is 6.98. The third-order valence-corrected chi connectivity index (χ3v) is 6.98. The van der Waals surface area contributed by atoms with Gasteiger partial charge in [0.15, 0.2) is 5.92 Å². The van der Waals surface area contributed by atoms with E-state index in [4.69, 9.17) is 0 Å². The lowest BCUT2D eigenvalue weighted by atomic mass is 9.85. The summed E-state index contributed by atoms with van der Waals surface area (Å²) in [7, 11) is 0. The van der Waals surface area contributed by atoms with Crippen LogP contribution in [-0.4, -0.2) is 72.1 Å². The number of hydrogen-bond donors (Lipinski definition) is 1. The van der Waals surface area contributed by atoms with Crippen molar-refractivity contribution in [1.29, 1.82) is 0 Å². The van der Waals surface area contributed by atoms with Crippen LogP contribution in [0.3, 0.4) is 0 Å². The highest BCUT2D eigenvalue weighted by Gasteiger charge is 2.67. The van der Waals surface area contributed by atoms with E-state index in [1.165, 1.54) is 12.1 Å². The second kappa shape index (κ2) is 8.52. The van der Waals surface area contributed by atoms with E-state index in [1.54, 1.807) is 11.0 Å². The predicted molar refractivity (Wildman–Crippen MR) is 104 cm³/mol. The zero-order valence-corrected chi connectivity index (χ0v) is 17.5. The second-order valence-electron chi connectivity index (χ2n) is 9.07. The molecule has 0 bridgehead atoms. The van der Waals surface area contributed by atoms with Crippen LogP contribution in [0.4, 0.5) is 41.2 Å². The molecule has 0 aromatic heterocycles. The van der Waals surface area contributed by atoms with Crippen molar-refractivity contribution < 1.29 is 40.6 Å². The van der Waals surface area contributed by atoms with Crippen LogP contribution in [0.1, 0.15) is 18.4 Å². The molecule has 0 spiro atoms. The van der Waals surface area contributed by atoms with Crippen molar-refractivity contribution in [2.45, 2.75) is 37.8 Å². The van der Waals surface area contributed by atoms with Crippen LogP contribution >= 0.6 is 0 Å². The molecule has 5 nitrogen and oxygen atoms in total. The van der Waals surface area contributed by atoms with Gasteiger partial charge in [0, 0.05) is 45.0 Å². The average Bonchev–Trinajstić information content (AvgIpc) is 3.38. The molecule has 3 saturated heterocycles. The minimum Gasteiger partial charge on any atom is -0.465 e. The fourth-order valence-corrected chi connectivity index (χ4v) is 5.67. The Morgan fingerprint density at radius 1 is 1.03 bits per heavy atom. The summed E-state index contributed by atoms with van der Waals surface area (Å²) in [5, 5.41) is 9.34.